The molecular formula is C15H13N3OS. The van der Waals surface area contributed by atoms with E-state index in [0.717, 1.165) is 17.0 Å². The minimum absolute atomic E-state index is 0.353. The smallest absolute Gasteiger partial charge is 0.189 e. The molecule has 0 saturated heterocycles. The second-order valence-corrected chi connectivity index (χ2v) is 4.76. The minimum Gasteiger partial charge on any atom is -0.497 e. The van der Waals surface area contributed by atoms with Crippen LogP contribution in [0.5, 0.6) is 5.75 Å². The lowest BCUT2D eigenvalue weighted by Crippen LogP contribution is -1.89. The van der Waals surface area contributed by atoms with Crippen molar-refractivity contribution >= 4 is 23.9 Å². The van der Waals surface area contributed by atoms with E-state index >= 15 is 0 Å². The molecular weight excluding hydrogens is 270 g/mol. The summed E-state index contributed by atoms with van der Waals surface area (Å²) in [5.74, 6) is 1.19. The van der Waals surface area contributed by atoms with E-state index in [0.29, 0.717) is 10.9 Å². The predicted octanol–water partition coefficient (Wildman–Crippen LogP) is 3.27. The lowest BCUT2D eigenvalue weighted by Gasteiger charge is -1.99. The molecule has 5 heteroatoms. The molecule has 0 aliphatic carbocycles. The molecule has 0 aliphatic heterocycles. The molecule has 0 unspecified atom stereocenters. The van der Waals surface area contributed by atoms with Crippen LogP contribution in [0.4, 0.5) is 0 Å². The quantitative estimate of drug-likeness (QED) is 0.622. The SMILES string of the molecule is COc1ccc(C=Cc2ccnc(SCC#N)n2)cc1. The first-order valence-corrected chi connectivity index (χ1v) is 6.95. The van der Waals surface area contributed by atoms with E-state index in [1.54, 1.807) is 13.3 Å². The monoisotopic (exact) mass is 283 g/mol. The molecule has 0 N–H and O–H groups in total. The van der Waals surface area contributed by atoms with Gasteiger partial charge in [0.25, 0.3) is 0 Å². The number of benzene rings is 1. The number of nitrogens with zero attached hydrogens (tertiary/aromatic N) is 3. The summed E-state index contributed by atoms with van der Waals surface area (Å²) < 4.78 is 5.11. The van der Waals surface area contributed by atoms with Gasteiger partial charge in [0, 0.05) is 6.20 Å². The molecule has 0 amide bonds. The Hall–Kier alpha value is -2.32. The maximum absolute atomic E-state index is 8.54. The summed E-state index contributed by atoms with van der Waals surface area (Å²) in [6.07, 6.45) is 5.58. The molecule has 0 spiro atoms. The lowest BCUT2D eigenvalue weighted by molar-refractivity contribution is 0.415. The van der Waals surface area contributed by atoms with Gasteiger partial charge in [0.05, 0.1) is 24.6 Å². The zero-order valence-electron chi connectivity index (χ0n) is 11.0. The maximum atomic E-state index is 8.54. The van der Waals surface area contributed by atoms with Gasteiger partial charge < -0.3 is 4.74 Å². The Morgan fingerprint density at radius 3 is 2.75 bits per heavy atom. The van der Waals surface area contributed by atoms with Gasteiger partial charge in [-0.15, -0.1) is 0 Å². The van der Waals surface area contributed by atoms with Crippen LogP contribution in [0.25, 0.3) is 12.2 Å². The minimum atomic E-state index is 0.353. The summed E-state index contributed by atoms with van der Waals surface area (Å²) >= 11 is 1.33. The third kappa shape index (κ3) is 4.11. The number of aromatic nitrogens is 2. The number of rotatable bonds is 5. The Labute approximate surface area is 122 Å². The standard InChI is InChI=1S/C15H13N3OS/c1-19-14-6-3-12(4-7-14)2-5-13-8-10-17-15(18-13)20-11-9-16/h2-8,10H,11H2,1H3. The van der Waals surface area contributed by atoms with Crippen molar-refractivity contribution < 1.29 is 4.74 Å². The first kappa shape index (κ1) is 14.1. The van der Waals surface area contributed by atoms with Gasteiger partial charge in [-0.05, 0) is 29.8 Å². The molecule has 0 radical (unpaired) electrons. The third-order valence-corrected chi connectivity index (χ3v) is 3.21. The van der Waals surface area contributed by atoms with Crippen molar-refractivity contribution in [3.63, 3.8) is 0 Å². The molecule has 0 fully saturated rings. The fourth-order valence-electron chi connectivity index (χ4n) is 1.51. The number of ether oxygens (including phenoxy) is 1. The van der Waals surface area contributed by atoms with Gasteiger partial charge >= 0.3 is 0 Å². The largest absolute Gasteiger partial charge is 0.497 e. The fraction of sp³-hybridized carbons (Fsp3) is 0.133. The van der Waals surface area contributed by atoms with Crippen molar-refractivity contribution in [3.8, 4) is 11.8 Å². The fourth-order valence-corrected chi connectivity index (χ4v) is 2.01. The summed E-state index contributed by atoms with van der Waals surface area (Å²) in [5.41, 5.74) is 1.88. The lowest BCUT2D eigenvalue weighted by atomic mass is 10.2. The second kappa shape index (κ2) is 7.31. The summed E-state index contributed by atoms with van der Waals surface area (Å²) in [6, 6.07) is 11.7. The predicted molar refractivity (Wildman–Crippen MR) is 80.3 cm³/mol. The van der Waals surface area contributed by atoms with Crippen molar-refractivity contribution in [1.82, 2.24) is 9.97 Å². The molecule has 2 aromatic rings. The summed E-state index contributed by atoms with van der Waals surface area (Å²) in [7, 11) is 1.65. The number of nitriles is 1. The molecule has 1 aromatic carbocycles. The Morgan fingerprint density at radius 2 is 2.05 bits per heavy atom. The molecule has 1 aromatic heterocycles. The second-order valence-electron chi connectivity index (χ2n) is 3.82. The van der Waals surface area contributed by atoms with Gasteiger partial charge in [-0.2, -0.15) is 5.26 Å². The van der Waals surface area contributed by atoms with Crippen LogP contribution in [0.3, 0.4) is 0 Å². The zero-order chi connectivity index (χ0) is 14.2. The summed E-state index contributed by atoms with van der Waals surface area (Å²) in [6.45, 7) is 0. The molecule has 4 nitrogen and oxygen atoms in total. The molecule has 1 heterocycles. The highest BCUT2D eigenvalue weighted by molar-refractivity contribution is 7.99. The number of thioether (sulfide) groups is 1. The van der Waals surface area contributed by atoms with Gasteiger partial charge in [0.2, 0.25) is 0 Å². The third-order valence-electron chi connectivity index (χ3n) is 2.48. The van der Waals surface area contributed by atoms with E-state index in [-0.39, 0.29) is 0 Å². The highest BCUT2D eigenvalue weighted by Crippen LogP contribution is 2.15. The van der Waals surface area contributed by atoms with E-state index in [2.05, 4.69) is 16.0 Å². The summed E-state index contributed by atoms with van der Waals surface area (Å²) in [5, 5.41) is 9.16. The highest BCUT2D eigenvalue weighted by atomic mass is 32.2. The topological polar surface area (TPSA) is 58.8 Å². The van der Waals surface area contributed by atoms with E-state index in [1.165, 1.54) is 11.8 Å². The number of methoxy groups -OCH3 is 1. The highest BCUT2D eigenvalue weighted by Gasteiger charge is 1.97. The first-order valence-electron chi connectivity index (χ1n) is 5.97. The molecule has 20 heavy (non-hydrogen) atoms. The first-order chi connectivity index (χ1) is 9.81. The molecule has 100 valence electrons. The Balaban J connectivity index is 2.08. The van der Waals surface area contributed by atoms with Crippen LogP contribution in [-0.4, -0.2) is 22.8 Å². The Morgan fingerprint density at radius 1 is 1.25 bits per heavy atom. The van der Waals surface area contributed by atoms with Crippen molar-refractivity contribution in [3.05, 3.63) is 47.8 Å². The van der Waals surface area contributed by atoms with Crippen LogP contribution in [0.2, 0.25) is 0 Å². The maximum Gasteiger partial charge on any atom is 0.189 e. The van der Waals surface area contributed by atoms with Crippen LogP contribution in [-0.2, 0) is 0 Å². The zero-order valence-corrected chi connectivity index (χ0v) is 11.8. The van der Waals surface area contributed by atoms with Gasteiger partial charge in [-0.25, -0.2) is 9.97 Å². The molecule has 0 aliphatic rings. The molecule has 0 saturated carbocycles. The van der Waals surface area contributed by atoms with Crippen molar-refractivity contribution in [2.45, 2.75) is 5.16 Å². The summed E-state index contributed by atoms with van der Waals surface area (Å²) in [4.78, 5) is 8.45. The van der Waals surface area contributed by atoms with Gasteiger partial charge in [0.15, 0.2) is 5.16 Å². The van der Waals surface area contributed by atoms with E-state index in [1.807, 2.05) is 42.5 Å². The van der Waals surface area contributed by atoms with Crippen LogP contribution in [0.1, 0.15) is 11.3 Å². The van der Waals surface area contributed by atoms with E-state index in [4.69, 9.17) is 10.00 Å². The molecule has 0 bridgehead atoms. The van der Waals surface area contributed by atoms with Gasteiger partial charge in [-0.1, -0.05) is 30.0 Å². The van der Waals surface area contributed by atoms with Crippen LogP contribution in [0.15, 0.2) is 41.7 Å². The van der Waals surface area contributed by atoms with Gasteiger partial charge in [-0.3, -0.25) is 0 Å². The van der Waals surface area contributed by atoms with E-state index < -0.39 is 0 Å². The Bertz CT molecular complexity index is 632. The average Bonchev–Trinajstić information content (AvgIpc) is 2.52. The van der Waals surface area contributed by atoms with Crippen LogP contribution >= 0.6 is 11.8 Å². The van der Waals surface area contributed by atoms with E-state index in [9.17, 15) is 0 Å². The molecule has 2 rings (SSSR count). The van der Waals surface area contributed by atoms with Crippen LogP contribution < -0.4 is 4.74 Å². The van der Waals surface area contributed by atoms with Crippen molar-refractivity contribution in [1.29, 1.82) is 5.26 Å². The van der Waals surface area contributed by atoms with Crippen LogP contribution in [0, 0.1) is 11.3 Å². The average molecular weight is 283 g/mol. The number of hydrogen-bond acceptors (Lipinski definition) is 5. The van der Waals surface area contributed by atoms with Crippen molar-refractivity contribution in [2.24, 2.45) is 0 Å². The molecule has 0 atom stereocenters. The van der Waals surface area contributed by atoms with Gasteiger partial charge in [0.1, 0.15) is 5.75 Å². The number of hydrogen-bond donors (Lipinski definition) is 0. The normalized spacial score (nSPS) is 10.4. The van der Waals surface area contributed by atoms with Crippen molar-refractivity contribution in [2.75, 3.05) is 12.9 Å². The Kier molecular flexibility index (Phi) is 5.15.